The van der Waals surface area contributed by atoms with Gasteiger partial charge in [0.25, 0.3) is 0 Å². The van der Waals surface area contributed by atoms with Crippen LogP contribution in [0.15, 0.2) is 4.99 Å². The summed E-state index contributed by atoms with van der Waals surface area (Å²) in [4.78, 5) is 4.57. The van der Waals surface area contributed by atoms with Crippen molar-refractivity contribution in [3.8, 4) is 12.3 Å². The Labute approximate surface area is 103 Å². The van der Waals surface area contributed by atoms with Crippen LogP contribution in [0.5, 0.6) is 0 Å². The number of terminal acetylenes is 1. The Morgan fingerprint density at radius 1 is 1.56 bits per heavy atom. The molecule has 90 valence electrons. The van der Waals surface area contributed by atoms with Crippen molar-refractivity contribution in [2.45, 2.75) is 31.4 Å². The summed E-state index contributed by atoms with van der Waals surface area (Å²) in [7, 11) is 0. The molecule has 0 aliphatic carbocycles. The van der Waals surface area contributed by atoms with Gasteiger partial charge in [-0.15, -0.1) is 12.3 Å². The number of rotatable bonds is 5. The van der Waals surface area contributed by atoms with E-state index in [9.17, 15) is 0 Å². The second-order valence-electron chi connectivity index (χ2n) is 3.74. The predicted octanol–water partition coefficient (Wildman–Crippen LogP) is 1.46. The third-order valence-electron chi connectivity index (χ3n) is 2.38. The van der Waals surface area contributed by atoms with Gasteiger partial charge in [0.1, 0.15) is 0 Å². The standard InChI is InChI=1S/C12H21N3S/c1-3-5-8-14-12(13-4-2)15-10-11-7-6-9-16-11/h1,11H,4-10H2,2H3,(H2,13,14,15). The number of hydrogen-bond acceptors (Lipinski definition) is 2. The summed E-state index contributed by atoms with van der Waals surface area (Å²) >= 11 is 2.04. The third-order valence-corrected chi connectivity index (χ3v) is 3.76. The Balaban J connectivity index is 2.29. The summed E-state index contributed by atoms with van der Waals surface area (Å²) in [5.74, 6) is 4.80. The molecular weight excluding hydrogens is 218 g/mol. The molecule has 2 N–H and O–H groups in total. The van der Waals surface area contributed by atoms with Crippen molar-refractivity contribution in [2.24, 2.45) is 4.99 Å². The van der Waals surface area contributed by atoms with Crippen LogP contribution in [-0.2, 0) is 0 Å². The van der Waals surface area contributed by atoms with Gasteiger partial charge in [-0.25, -0.2) is 0 Å². The van der Waals surface area contributed by atoms with Crippen LogP contribution >= 0.6 is 11.8 Å². The van der Waals surface area contributed by atoms with Gasteiger partial charge in [-0.05, 0) is 25.5 Å². The lowest BCUT2D eigenvalue weighted by Gasteiger charge is -2.11. The summed E-state index contributed by atoms with van der Waals surface area (Å²) in [5, 5.41) is 7.17. The molecule has 4 heteroatoms. The highest BCUT2D eigenvalue weighted by Crippen LogP contribution is 2.25. The average Bonchev–Trinajstić information content (AvgIpc) is 2.79. The number of nitrogens with one attached hydrogen (secondary N) is 2. The van der Waals surface area contributed by atoms with Gasteiger partial charge in [-0.3, -0.25) is 4.99 Å². The molecular formula is C12H21N3S. The van der Waals surface area contributed by atoms with Crippen LogP contribution in [0, 0.1) is 12.3 Å². The molecule has 0 saturated carbocycles. The van der Waals surface area contributed by atoms with Crippen LogP contribution in [0.4, 0.5) is 0 Å². The Bertz CT molecular complexity index is 251. The van der Waals surface area contributed by atoms with Crippen LogP contribution in [0.3, 0.4) is 0 Å². The van der Waals surface area contributed by atoms with Crippen molar-refractivity contribution in [3.63, 3.8) is 0 Å². The van der Waals surface area contributed by atoms with Crippen molar-refractivity contribution >= 4 is 17.7 Å². The molecule has 0 aromatic rings. The third kappa shape index (κ3) is 5.32. The molecule has 1 atom stereocenters. The van der Waals surface area contributed by atoms with Gasteiger partial charge in [0.2, 0.25) is 0 Å². The Morgan fingerprint density at radius 2 is 2.44 bits per heavy atom. The zero-order chi connectivity index (χ0) is 11.6. The molecule has 0 aromatic heterocycles. The highest BCUT2D eigenvalue weighted by molar-refractivity contribution is 8.00. The van der Waals surface area contributed by atoms with E-state index in [0.29, 0.717) is 5.25 Å². The molecule has 1 unspecified atom stereocenters. The van der Waals surface area contributed by atoms with E-state index in [1.54, 1.807) is 0 Å². The zero-order valence-corrected chi connectivity index (χ0v) is 10.8. The molecule has 0 amide bonds. The number of thioether (sulfide) groups is 1. The van der Waals surface area contributed by atoms with E-state index >= 15 is 0 Å². The molecule has 1 aliphatic heterocycles. The van der Waals surface area contributed by atoms with E-state index in [2.05, 4.69) is 28.5 Å². The van der Waals surface area contributed by atoms with Crippen LogP contribution < -0.4 is 10.6 Å². The average molecular weight is 239 g/mol. The van der Waals surface area contributed by atoms with E-state index in [-0.39, 0.29) is 0 Å². The Kier molecular flexibility index (Phi) is 6.91. The molecule has 1 heterocycles. The highest BCUT2D eigenvalue weighted by Gasteiger charge is 2.14. The fourth-order valence-electron chi connectivity index (χ4n) is 1.58. The molecule has 1 fully saturated rings. The molecule has 1 aliphatic rings. The Morgan fingerprint density at radius 3 is 3.06 bits per heavy atom. The molecule has 1 rings (SSSR count). The number of guanidine groups is 1. The molecule has 1 saturated heterocycles. The zero-order valence-electron chi connectivity index (χ0n) is 9.96. The molecule has 0 aromatic carbocycles. The Hall–Kier alpha value is -0.820. The highest BCUT2D eigenvalue weighted by atomic mass is 32.2. The van der Waals surface area contributed by atoms with Gasteiger partial charge < -0.3 is 10.6 Å². The summed E-state index contributed by atoms with van der Waals surface area (Å²) in [6.07, 6.45) is 8.59. The summed E-state index contributed by atoms with van der Waals surface area (Å²) < 4.78 is 0. The quantitative estimate of drug-likeness (QED) is 0.330. The van der Waals surface area contributed by atoms with Gasteiger partial charge >= 0.3 is 0 Å². The maximum atomic E-state index is 5.21. The van der Waals surface area contributed by atoms with E-state index in [0.717, 1.165) is 32.0 Å². The normalized spacial score (nSPS) is 20.5. The monoisotopic (exact) mass is 239 g/mol. The van der Waals surface area contributed by atoms with E-state index in [1.807, 2.05) is 11.8 Å². The van der Waals surface area contributed by atoms with Crippen LogP contribution in [-0.4, -0.2) is 36.6 Å². The summed E-state index contributed by atoms with van der Waals surface area (Å²) in [6.45, 7) is 4.67. The minimum absolute atomic E-state index is 0.711. The smallest absolute Gasteiger partial charge is 0.191 e. The second kappa shape index (κ2) is 8.35. The van der Waals surface area contributed by atoms with Crippen molar-refractivity contribution in [1.82, 2.24) is 10.6 Å². The lowest BCUT2D eigenvalue weighted by Crippen LogP contribution is -2.38. The van der Waals surface area contributed by atoms with Crippen molar-refractivity contribution in [2.75, 3.05) is 25.4 Å². The van der Waals surface area contributed by atoms with Crippen molar-refractivity contribution in [3.05, 3.63) is 0 Å². The predicted molar refractivity (Wildman–Crippen MR) is 72.9 cm³/mol. The van der Waals surface area contributed by atoms with Crippen molar-refractivity contribution in [1.29, 1.82) is 0 Å². The number of hydrogen-bond donors (Lipinski definition) is 2. The molecule has 0 spiro atoms. The second-order valence-corrected chi connectivity index (χ2v) is 5.14. The summed E-state index contributed by atoms with van der Waals surface area (Å²) in [5.41, 5.74) is 0. The fourth-order valence-corrected chi connectivity index (χ4v) is 2.76. The van der Waals surface area contributed by atoms with Gasteiger partial charge in [-0.1, -0.05) is 0 Å². The lowest BCUT2D eigenvalue weighted by molar-refractivity contribution is 0.765. The first-order chi connectivity index (χ1) is 7.86. The minimum Gasteiger partial charge on any atom is -0.357 e. The van der Waals surface area contributed by atoms with Crippen molar-refractivity contribution < 1.29 is 0 Å². The first kappa shape index (κ1) is 13.2. The van der Waals surface area contributed by atoms with Gasteiger partial charge in [0.05, 0.1) is 6.54 Å². The molecule has 0 radical (unpaired) electrons. The molecule has 3 nitrogen and oxygen atoms in total. The fraction of sp³-hybridized carbons (Fsp3) is 0.750. The van der Waals surface area contributed by atoms with E-state index in [4.69, 9.17) is 6.42 Å². The molecule has 0 bridgehead atoms. The van der Waals surface area contributed by atoms with Crippen LogP contribution in [0.1, 0.15) is 26.2 Å². The van der Waals surface area contributed by atoms with Crippen LogP contribution in [0.25, 0.3) is 0 Å². The largest absolute Gasteiger partial charge is 0.357 e. The first-order valence-corrected chi connectivity index (χ1v) is 6.99. The van der Waals surface area contributed by atoms with E-state index in [1.165, 1.54) is 18.6 Å². The maximum absolute atomic E-state index is 5.21. The van der Waals surface area contributed by atoms with Gasteiger partial charge in [-0.2, -0.15) is 11.8 Å². The van der Waals surface area contributed by atoms with Gasteiger partial charge in [0.15, 0.2) is 5.96 Å². The molecule has 16 heavy (non-hydrogen) atoms. The lowest BCUT2D eigenvalue weighted by atomic mass is 10.2. The first-order valence-electron chi connectivity index (χ1n) is 5.94. The maximum Gasteiger partial charge on any atom is 0.191 e. The minimum atomic E-state index is 0.711. The van der Waals surface area contributed by atoms with Gasteiger partial charge in [0, 0.05) is 24.8 Å². The number of nitrogens with zero attached hydrogens (tertiary/aromatic N) is 1. The number of aliphatic imine (C=N–C) groups is 1. The topological polar surface area (TPSA) is 36.4 Å². The van der Waals surface area contributed by atoms with Crippen LogP contribution in [0.2, 0.25) is 0 Å². The van der Waals surface area contributed by atoms with E-state index < -0.39 is 0 Å². The summed E-state index contributed by atoms with van der Waals surface area (Å²) in [6, 6.07) is 0. The SMILES string of the molecule is C#CCCNC(=NCC1CCCS1)NCC.